The summed E-state index contributed by atoms with van der Waals surface area (Å²) in [6, 6.07) is 1.86. The fourth-order valence-electron chi connectivity index (χ4n) is 1.37. The van der Waals surface area contributed by atoms with E-state index in [2.05, 4.69) is 15.0 Å². The quantitative estimate of drug-likeness (QED) is 0.751. The molecule has 2 aromatic rings. The number of aryl methyl sites for hydroxylation is 1. The van der Waals surface area contributed by atoms with Gasteiger partial charge >= 0.3 is 0 Å². The summed E-state index contributed by atoms with van der Waals surface area (Å²) in [5.74, 6) is 0.687. The van der Waals surface area contributed by atoms with Crippen LogP contribution >= 0.6 is 11.6 Å². The molecule has 0 saturated carbocycles. The van der Waals surface area contributed by atoms with Crippen LogP contribution in [0.25, 0.3) is 11.3 Å². The molecule has 0 spiro atoms. The molecule has 0 fully saturated rings. The van der Waals surface area contributed by atoms with E-state index in [4.69, 9.17) is 16.3 Å². The molecule has 0 radical (unpaired) electrons. The van der Waals surface area contributed by atoms with Crippen molar-refractivity contribution in [2.45, 2.75) is 6.92 Å². The molecule has 2 heterocycles. The van der Waals surface area contributed by atoms with E-state index in [1.807, 2.05) is 13.0 Å². The monoisotopic (exact) mass is 235 g/mol. The van der Waals surface area contributed by atoms with Gasteiger partial charge in [0.15, 0.2) is 0 Å². The molecule has 0 aliphatic carbocycles. The number of hydrogen-bond donors (Lipinski definition) is 0. The molecule has 0 saturated heterocycles. The Bertz CT molecular complexity index is 516. The first-order valence-corrected chi connectivity index (χ1v) is 5.07. The van der Waals surface area contributed by atoms with Gasteiger partial charge in [0, 0.05) is 18.0 Å². The van der Waals surface area contributed by atoms with Crippen LogP contribution in [0.1, 0.15) is 5.56 Å². The molecule has 82 valence electrons. The molecule has 0 atom stereocenters. The lowest BCUT2D eigenvalue weighted by molar-refractivity contribution is 0.413. The number of methoxy groups -OCH3 is 1. The lowest BCUT2D eigenvalue weighted by Crippen LogP contribution is -1.93. The molecule has 2 aromatic heterocycles. The summed E-state index contributed by atoms with van der Waals surface area (Å²) in [6.07, 6.45) is 5.04. The van der Waals surface area contributed by atoms with Crippen molar-refractivity contribution in [3.63, 3.8) is 0 Å². The summed E-state index contributed by atoms with van der Waals surface area (Å²) >= 11 is 5.77. The van der Waals surface area contributed by atoms with Gasteiger partial charge in [-0.3, -0.25) is 4.98 Å². The number of ether oxygens (including phenoxy) is 1. The third-order valence-corrected chi connectivity index (χ3v) is 2.35. The minimum Gasteiger partial charge on any atom is -0.495 e. The molecule has 0 aromatic carbocycles. The molecule has 0 unspecified atom stereocenters. The third-order valence-electron chi connectivity index (χ3n) is 2.16. The first kappa shape index (κ1) is 10.8. The predicted octanol–water partition coefficient (Wildman–Crippen LogP) is 2.51. The van der Waals surface area contributed by atoms with Crippen molar-refractivity contribution in [3.05, 3.63) is 35.5 Å². The second-order valence-electron chi connectivity index (χ2n) is 3.28. The number of pyridine rings is 1. The number of aromatic nitrogens is 3. The molecule has 0 N–H and O–H groups in total. The van der Waals surface area contributed by atoms with E-state index in [1.165, 1.54) is 0 Å². The van der Waals surface area contributed by atoms with Crippen LogP contribution in [0, 0.1) is 6.92 Å². The Hall–Kier alpha value is -1.68. The Labute approximate surface area is 98.3 Å². The van der Waals surface area contributed by atoms with Crippen molar-refractivity contribution < 1.29 is 4.74 Å². The van der Waals surface area contributed by atoms with Crippen molar-refractivity contribution in [2.75, 3.05) is 7.11 Å². The zero-order valence-electron chi connectivity index (χ0n) is 8.94. The zero-order valence-corrected chi connectivity index (χ0v) is 9.69. The molecule has 0 aliphatic heterocycles. The summed E-state index contributed by atoms with van der Waals surface area (Å²) < 4.78 is 5.11. The van der Waals surface area contributed by atoms with Gasteiger partial charge in [-0.15, -0.1) is 0 Å². The molecule has 0 bridgehead atoms. The average molecular weight is 236 g/mol. The molecule has 16 heavy (non-hydrogen) atoms. The molecule has 5 heteroatoms. The van der Waals surface area contributed by atoms with Gasteiger partial charge in [-0.1, -0.05) is 0 Å². The maximum Gasteiger partial charge on any atom is 0.222 e. The van der Waals surface area contributed by atoms with Crippen LogP contribution in [0.3, 0.4) is 0 Å². The lowest BCUT2D eigenvalue weighted by Gasteiger charge is -2.05. The van der Waals surface area contributed by atoms with E-state index in [1.54, 1.807) is 25.7 Å². The number of rotatable bonds is 2. The Morgan fingerprint density at radius 1 is 1.25 bits per heavy atom. The molecular weight excluding hydrogens is 226 g/mol. The highest BCUT2D eigenvalue weighted by atomic mass is 35.5. The van der Waals surface area contributed by atoms with Crippen molar-refractivity contribution in [3.8, 4) is 17.0 Å². The van der Waals surface area contributed by atoms with Gasteiger partial charge in [-0.2, -0.15) is 0 Å². The smallest absolute Gasteiger partial charge is 0.222 e. The first-order valence-electron chi connectivity index (χ1n) is 4.69. The highest BCUT2D eigenvalue weighted by Gasteiger charge is 2.06. The lowest BCUT2D eigenvalue weighted by atomic mass is 10.1. The van der Waals surface area contributed by atoms with Crippen LogP contribution in [-0.4, -0.2) is 22.1 Å². The second kappa shape index (κ2) is 4.45. The molecule has 0 aliphatic rings. The van der Waals surface area contributed by atoms with Crippen LogP contribution in [0.15, 0.2) is 24.7 Å². The molecule has 0 amide bonds. The van der Waals surface area contributed by atoms with Crippen molar-refractivity contribution >= 4 is 11.6 Å². The van der Waals surface area contributed by atoms with E-state index in [9.17, 15) is 0 Å². The van der Waals surface area contributed by atoms with Crippen LogP contribution in [0.4, 0.5) is 0 Å². The van der Waals surface area contributed by atoms with Gasteiger partial charge in [0.2, 0.25) is 5.28 Å². The van der Waals surface area contributed by atoms with Crippen molar-refractivity contribution in [1.82, 2.24) is 15.0 Å². The summed E-state index contributed by atoms with van der Waals surface area (Å²) in [7, 11) is 1.60. The largest absolute Gasteiger partial charge is 0.495 e. The Morgan fingerprint density at radius 3 is 2.81 bits per heavy atom. The van der Waals surface area contributed by atoms with Gasteiger partial charge in [0.25, 0.3) is 0 Å². The highest BCUT2D eigenvalue weighted by molar-refractivity contribution is 6.28. The van der Waals surface area contributed by atoms with Crippen LogP contribution in [0.2, 0.25) is 5.28 Å². The van der Waals surface area contributed by atoms with E-state index in [-0.39, 0.29) is 5.28 Å². The normalized spacial score (nSPS) is 10.2. The van der Waals surface area contributed by atoms with Gasteiger partial charge in [0.1, 0.15) is 5.75 Å². The fourth-order valence-corrected chi connectivity index (χ4v) is 1.51. The second-order valence-corrected chi connectivity index (χ2v) is 3.62. The SMILES string of the molecule is COc1cncc(-c2nc(Cl)ncc2C)c1. The van der Waals surface area contributed by atoms with E-state index >= 15 is 0 Å². The van der Waals surface area contributed by atoms with Gasteiger partial charge in [-0.05, 0) is 30.2 Å². The fraction of sp³-hybridized carbons (Fsp3) is 0.182. The van der Waals surface area contributed by atoms with E-state index < -0.39 is 0 Å². The summed E-state index contributed by atoms with van der Waals surface area (Å²) in [5.41, 5.74) is 2.58. The van der Waals surface area contributed by atoms with Crippen LogP contribution in [0.5, 0.6) is 5.75 Å². The van der Waals surface area contributed by atoms with Crippen molar-refractivity contribution in [1.29, 1.82) is 0 Å². The molecular formula is C11H10ClN3O. The maximum atomic E-state index is 5.77. The van der Waals surface area contributed by atoms with Crippen molar-refractivity contribution in [2.24, 2.45) is 0 Å². The van der Waals surface area contributed by atoms with Gasteiger partial charge < -0.3 is 4.74 Å². The average Bonchev–Trinajstić information content (AvgIpc) is 2.32. The highest BCUT2D eigenvalue weighted by Crippen LogP contribution is 2.24. The number of hydrogen-bond acceptors (Lipinski definition) is 4. The summed E-state index contributed by atoms with van der Waals surface area (Å²) in [5, 5.41) is 0.225. The Morgan fingerprint density at radius 2 is 2.06 bits per heavy atom. The number of nitrogens with zero attached hydrogens (tertiary/aromatic N) is 3. The van der Waals surface area contributed by atoms with Gasteiger partial charge in [0.05, 0.1) is 19.0 Å². The van der Waals surface area contributed by atoms with Crippen LogP contribution in [-0.2, 0) is 0 Å². The van der Waals surface area contributed by atoms with Crippen LogP contribution < -0.4 is 4.74 Å². The zero-order chi connectivity index (χ0) is 11.5. The predicted molar refractivity (Wildman–Crippen MR) is 61.6 cm³/mol. The molecule has 2 rings (SSSR count). The Kier molecular flexibility index (Phi) is 3.01. The maximum absolute atomic E-state index is 5.77. The topological polar surface area (TPSA) is 47.9 Å². The molecule has 4 nitrogen and oxygen atoms in total. The Balaban J connectivity index is 2.53. The minimum absolute atomic E-state index is 0.225. The third kappa shape index (κ3) is 2.12. The minimum atomic E-state index is 0.225. The standard InChI is InChI=1S/C11H10ClN3O/c1-7-4-14-11(12)15-10(7)8-3-9(16-2)6-13-5-8/h3-6H,1-2H3. The summed E-state index contributed by atoms with van der Waals surface area (Å²) in [4.78, 5) is 12.2. The van der Waals surface area contributed by atoms with E-state index in [0.29, 0.717) is 5.75 Å². The van der Waals surface area contributed by atoms with E-state index in [0.717, 1.165) is 16.8 Å². The first-order chi connectivity index (χ1) is 7.70. The van der Waals surface area contributed by atoms with Gasteiger partial charge in [-0.25, -0.2) is 9.97 Å². The summed E-state index contributed by atoms with van der Waals surface area (Å²) in [6.45, 7) is 1.92. The number of halogens is 1.